The summed E-state index contributed by atoms with van der Waals surface area (Å²) in [5.74, 6) is -1.12. The van der Waals surface area contributed by atoms with Crippen LogP contribution in [0.2, 0.25) is 0 Å². The number of hydrogen-bond donors (Lipinski definition) is 2. The van der Waals surface area contributed by atoms with Crippen LogP contribution in [0.5, 0.6) is 5.75 Å². The van der Waals surface area contributed by atoms with E-state index < -0.39 is 18.0 Å². The summed E-state index contributed by atoms with van der Waals surface area (Å²) in [6, 6.07) is 13.1. The number of esters is 1. The number of carbonyl (C=O) groups excluding carboxylic acids is 2. The maximum absolute atomic E-state index is 12.0. The maximum atomic E-state index is 12.0. The summed E-state index contributed by atoms with van der Waals surface area (Å²) in [6.45, 7) is 3.44. The molecule has 2 rings (SSSR count). The summed E-state index contributed by atoms with van der Waals surface area (Å²) in [5.41, 5.74) is 1.91. The molecule has 0 aliphatic carbocycles. The van der Waals surface area contributed by atoms with Gasteiger partial charge >= 0.3 is 5.97 Å². The Kier molecular flexibility index (Phi) is 4.78. The Balaban J connectivity index is 1.96. The molecular formula is C17H17NO4. The molecule has 0 aliphatic rings. The van der Waals surface area contributed by atoms with Crippen molar-refractivity contribution in [1.82, 2.24) is 0 Å². The first-order valence-corrected chi connectivity index (χ1v) is 6.83. The van der Waals surface area contributed by atoms with Gasteiger partial charge in [-0.25, -0.2) is 4.79 Å². The van der Waals surface area contributed by atoms with E-state index >= 15 is 0 Å². The third kappa shape index (κ3) is 4.09. The molecule has 5 nitrogen and oxygen atoms in total. The van der Waals surface area contributed by atoms with E-state index in [0.717, 1.165) is 5.56 Å². The number of hydrogen-bond acceptors (Lipinski definition) is 4. The number of aryl methyl sites for hydroxylation is 1. The molecule has 0 saturated heterocycles. The molecular weight excluding hydrogens is 282 g/mol. The largest absolute Gasteiger partial charge is 0.508 e. The van der Waals surface area contributed by atoms with Crippen LogP contribution in [0.4, 0.5) is 5.69 Å². The van der Waals surface area contributed by atoms with E-state index in [2.05, 4.69) is 5.32 Å². The zero-order chi connectivity index (χ0) is 16.1. The second-order valence-electron chi connectivity index (χ2n) is 4.95. The van der Waals surface area contributed by atoms with Crippen LogP contribution in [0.15, 0.2) is 48.5 Å². The van der Waals surface area contributed by atoms with Gasteiger partial charge in [0.1, 0.15) is 5.75 Å². The highest BCUT2D eigenvalue weighted by atomic mass is 16.5. The van der Waals surface area contributed by atoms with Crippen LogP contribution < -0.4 is 5.32 Å². The van der Waals surface area contributed by atoms with Crippen LogP contribution in [0, 0.1) is 6.92 Å². The average Bonchev–Trinajstić information content (AvgIpc) is 2.49. The standard InChI is InChI=1S/C17H17NO4/c1-11-6-8-14(9-7-11)18-16(20)12(2)22-17(21)13-4-3-5-15(19)10-13/h3-10,12,19H,1-2H3,(H,18,20)/t12-/m0/s1. The summed E-state index contributed by atoms with van der Waals surface area (Å²) in [5, 5.41) is 12.0. The Labute approximate surface area is 128 Å². The number of phenols is 1. The van der Waals surface area contributed by atoms with Crippen LogP contribution in [-0.2, 0) is 9.53 Å². The third-order valence-electron chi connectivity index (χ3n) is 3.05. The second-order valence-corrected chi connectivity index (χ2v) is 4.95. The van der Waals surface area contributed by atoms with Crippen LogP contribution in [-0.4, -0.2) is 23.1 Å². The molecule has 0 aromatic heterocycles. The van der Waals surface area contributed by atoms with Crippen molar-refractivity contribution in [2.75, 3.05) is 5.32 Å². The molecule has 0 fully saturated rings. The average molecular weight is 299 g/mol. The van der Waals surface area contributed by atoms with Gasteiger partial charge in [0.15, 0.2) is 6.10 Å². The Hall–Kier alpha value is -2.82. The zero-order valence-corrected chi connectivity index (χ0v) is 12.4. The molecule has 22 heavy (non-hydrogen) atoms. The Morgan fingerprint density at radius 2 is 1.82 bits per heavy atom. The number of phenolic OH excluding ortho intramolecular Hbond substituents is 1. The molecule has 1 amide bonds. The lowest BCUT2D eigenvalue weighted by atomic mass is 10.2. The summed E-state index contributed by atoms with van der Waals surface area (Å²) in [7, 11) is 0. The van der Waals surface area contributed by atoms with Crippen molar-refractivity contribution >= 4 is 17.6 Å². The van der Waals surface area contributed by atoms with E-state index in [1.165, 1.54) is 31.2 Å². The van der Waals surface area contributed by atoms with Crippen molar-refractivity contribution in [1.29, 1.82) is 0 Å². The number of carbonyl (C=O) groups is 2. The lowest BCUT2D eigenvalue weighted by Crippen LogP contribution is -2.29. The summed E-state index contributed by atoms with van der Waals surface area (Å²) in [4.78, 5) is 23.9. The predicted molar refractivity (Wildman–Crippen MR) is 82.8 cm³/mol. The molecule has 0 unspecified atom stereocenters. The van der Waals surface area contributed by atoms with Crippen molar-refractivity contribution in [2.45, 2.75) is 20.0 Å². The fourth-order valence-electron chi connectivity index (χ4n) is 1.80. The van der Waals surface area contributed by atoms with Gasteiger partial charge in [-0.2, -0.15) is 0 Å². The van der Waals surface area contributed by atoms with E-state index in [0.29, 0.717) is 5.69 Å². The van der Waals surface area contributed by atoms with Gasteiger partial charge < -0.3 is 15.2 Å². The lowest BCUT2D eigenvalue weighted by molar-refractivity contribution is -0.123. The van der Waals surface area contributed by atoms with Crippen molar-refractivity contribution in [3.63, 3.8) is 0 Å². The van der Waals surface area contributed by atoms with E-state index in [9.17, 15) is 14.7 Å². The zero-order valence-electron chi connectivity index (χ0n) is 12.4. The Morgan fingerprint density at radius 1 is 1.14 bits per heavy atom. The molecule has 0 aliphatic heterocycles. The van der Waals surface area contributed by atoms with E-state index in [-0.39, 0.29) is 11.3 Å². The van der Waals surface area contributed by atoms with E-state index in [1.807, 2.05) is 19.1 Å². The minimum atomic E-state index is -0.948. The molecule has 5 heteroatoms. The number of anilines is 1. The van der Waals surface area contributed by atoms with Crippen LogP contribution in [0.3, 0.4) is 0 Å². The molecule has 0 bridgehead atoms. The number of nitrogens with one attached hydrogen (secondary N) is 1. The fraction of sp³-hybridized carbons (Fsp3) is 0.176. The van der Waals surface area contributed by atoms with Gasteiger partial charge in [-0.15, -0.1) is 0 Å². The lowest BCUT2D eigenvalue weighted by Gasteiger charge is -2.13. The van der Waals surface area contributed by atoms with Gasteiger partial charge in [-0.1, -0.05) is 23.8 Å². The summed E-state index contributed by atoms with van der Waals surface area (Å²) < 4.78 is 5.09. The molecule has 0 saturated carbocycles. The normalized spacial score (nSPS) is 11.5. The van der Waals surface area contributed by atoms with Gasteiger partial charge in [0.25, 0.3) is 5.91 Å². The minimum Gasteiger partial charge on any atom is -0.508 e. The van der Waals surface area contributed by atoms with Crippen molar-refractivity contribution in [3.05, 3.63) is 59.7 Å². The molecule has 2 aromatic rings. The number of rotatable bonds is 4. The quantitative estimate of drug-likeness (QED) is 0.851. The Bertz CT molecular complexity index is 679. The van der Waals surface area contributed by atoms with Gasteiger partial charge in [0.05, 0.1) is 5.56 Å². The first-order valence-electron chi connectivity index (χ1n) is 6.83. The number of aromatic hydroxyl groups is 1. The van der Waals surface area contributed by atoms with Gasteiger partial charge in [0.2, 0.25) is 0 Å². The van der Waals surface area contributed by atoms with Crippen LogP contribution in [0.25, 0.3) is 0 Å². The number of amides is 1. The first-order chi connectivity index (χ1) is 10.5. The summed E-state index contributed by atoms with van der Waals surface area (Å²) >= 11 is 0. The summed E-state index contributed by atoms with van der Waals surface area (Å²) in [6.07, 6.45) is -0.948. The van der Waals surface area contributed by atoms with E-state index in [1.54, 1.807) is 12.1 Å². The molecule has 0 radical (unpaired) electrons. The number of ether oxygens (including phenoxy) is 1. The van der Waals surface area contributed by atoms with E-state index in [4.69, 9.17) is 4.74 Å². The molecule has 114 valence electrons. The molecule has 2 N–H and O–H groups in total. The molecule has 0 spiro atoms. The van der Waals surface area contributed by atoms with Gasteiger partial charge in [0, 0.05) is 5.69 Å². The van der Waals surface area contributed by atoms with Crippen molar-refractivity contribution in [3.8, 4) is 5.75 Å². The molecule has 0 heterocycles. The number of benzene rings is 2. The topological polar surface area (TPSA) is 75.6 Å². The maximum Gasteiger partial charge on any atom is 0.339 e. The van der Waals surface area contributed by atoms with Crippen LogP contribution >= 0.6 is 0 Å². The smallest absolute Gasteiger partial charge is 0.339 e. The minimum absolute atomic E-state index is 0.0359. The Morgan fingerprint density at radius 3 is 2.45 bits per heavy atom. The van der Waals surface area contributed by atoms with Gasteiger partial charge in [-0.3, -0.25) is 4.79 Å². The van der Waals surface area contributed by atoms with Crippen LogP contribution in [0.1, 0.15) is 22.8 Å². The van der Waals surface area contributed by atoms with Crippen molar-refractivity contribution < 1.29 is 19.4 Å². The second kappa shape index (κ2) is 6.76. The molecule has 1 atom stereocenters. The first kappa shape index (κ1) is 15.6. The highest BCUT2D eigenvalue weighted by Crippen LogP contribution is 2.14. The predicted octanol–water partition coefficient (Wildman–Crippen LogP) is 2.88. The monoisotopic (exact) mass is 299 g/mol. The molecule has 2 aromatic carbocycles. The van der Waals surface area contributed by atoms with Crippen molar-refractivity contribution in [2.24, 2.45) is 0 Å². The SMILES string of the molecule is Cc1ccc(NC(=O)[C@H](C)OC(=O)c2cccc(O)c2)cc1. The third-order valence-corrected chi connectivity index (χ3v) is 3.05. The fourth-order valence-corrected chi connectivity index (χ4v) is 1.80. The highest BCUT2D eigenvalue weighted by molar-refractivity contribution is 5.97. The van der Waals surface area contributed by atoms with Gasteiger partial charge in [-0.05, 0) is 44.2 Å². The highest BCUT2D eigenvalue weighted by Gasteiger charge is 2.19.